The summed E-state index contributed by atoms with van der Waals surface area (Å²) in [4.78, 5) is 8.23. The van der Waals surface area contributed by atoms with E-state index in [0.29, 0.717) is 12.5 Å². The first-order chi connectivity index (χ1) is 7.81. The van der Waals surface area contributed by atoms with Crippen molar-refractivity contribution >= 4 is 11.3 Å². The fraction of sp³-hybridized carbons (Fsp3) is 0.750. The number of thiazole rings is 1. The molecule has 1 aromatic heterocycles. The van der Waals surface area contributed by atoms with E-state index in [9.17, 15) is 0 Å². The van der Waals surface area contributed by atoms with Crippen LogP contribution in [0.25, 0.3) is 0 Å². The number of nitrogens with zero attached hydrogens (tertiary/aromatic N) is 2. The van der Waals surface area contributed by atoms with Gasteiger partial charge in [0.25, 0.3) is 0 Å². The molecule has 3 nitrogen and oxygen atoms in total. The summed E-state index contributed by atoms with van der Waals surface area (Å²) in [5.41, 5.74) is 0. The van der Waals surface area contributed by atoms with Crippen LogP contribution in [-0.2, 0) is 13.0 Å². The highest BCUT2D eigenvalue weighted by atomic mass is 32.1. The lowest BCUT2D eigenvalue weighted by molar-refractivity contribution is 0.128. The van der Waals surface area contributed by atoms with Crippen molar-refractivity contribution in [2.45, 2.75) is 32.7 Å². The summed E-state index contributed by atoms with van der Waals surface area (Å²) in [6.45, 7) is 5.77. The number of aliphatic hydroxyl groups excluding tert-OH is 1. The number of piperidine rings is 1. The molecule has 1 aromatic rings. The minimum absolute atomic E-state index is 0.356. The second-order valence-electron chi connectivity index (χ2n) is 4.48. The molecule has 1 saturated heterocycles. The van der Waals surface area contributed by atoms with Crippen LogP contribution in [-0.4, -0.2) is 34.7 Å². The molecule has 2 heterocycles. The summed E-state index contributed by atoms with van der Waals surface area (Å²) in [6, 6.07) is 0. The van der Waals surface area contributed by atoms with Crippen molar-refractivity contribution in [2.75, 3.05) is 19.7 Å². The molecule has 0 spiro atoms. The minimum atomic E-state index is 0.356. The third kappa shape index (κ3) is 3.03. The molecular formula is C12H20N2OS. The van der Waals surface area contributed by atoms with E-state index in [1.807, 2.05) is 17.5 Å². The van der Waals surface area contributed by atoms with E-state index in [2.05, 4.69) is 16.8 Å². The zero-order chi connectivity index (χ0) is 11.4. The van der Waals surface area contributed by atoms with Gasteiger partial charge in [0.15, 0.2) is 0 Å². The lowest BCUT2D eigenvalue weighted by Crippen LogP contribution is -2.34. The van der Waals surface area contributed by atoms with Gasteiger partial charge in [-0.3, -0.25) is 4.90 Å². The van der Waals surface area contributed by atoms with Gasteiger partial charge in [0, 0.05) is 24.2 Å². The fourth-order valence-corrected chi connectivity index (χ4v) is 3.04. The summed E-state index contributed by atoms with van der Waals surface area (Å²) in [5, 5.41) is 10.3. The molecule has 1 aliphatic rings. The van der Waals surface area contributed by atoms with Crippen LogP contribution in [0.5, 0.6) is 0 Å². The molecule has 0 saturated carbocycles. The van der Waals surface area contributed by atoms with Gasteiger partial charge in [0.2, 0.25) is 0 Å². The highest BCUT2D eigenvalue weighted by molar-refractivity contribution is 7.11. The van der Waals surface area contributed by atoms with Crippen LogP contribution in [0.3, 0.4) is 0 Å². The topological polar surface area (TPSA) is 36.4 Å². The summed E-state index contributed by atoms with van der Waals surface area (Å²) in [7, 11) is 0. The van der Waals surface area contributed by atoms with Gasteiger partial charge in [0.1, 0.15) is 0 Å². The average Bonchev–Trinajstić information content (AvgIpc) is 2.78. The molecule has 16 heavy (non-hydrogen) atoms. The van der Waals surface area contributed by atoms with E-state index in [1.165, 1.54) is 9.88 Å². The van der Waals surface area contributed by atoms with Crippen LogP contribution >= 0.6 is 11.3 Å². The van der Waals surface area contributed by atoms with Crippen LogP contribution in [0.1, 0.15) is 29.7 Å². The van der Waals surface area contributed by atoms with Crippen molar-refractivity contribution in [3.8, 4) is 0 Å². The van der Waals surface area contributed by atoms with E-state index in [0.717, 1.165) is 38.9 Å². The maximum Gasteiger partial charge on any atom is 0.0925 e. The Kier molecular flexibility index (Phi) is 4.32. The first-order valence-corrected chi connectivity index (χ1v) is 6.90. The largest absolute Gasteiger partial charge is 0.396 e. The molecule has 0 aliphatic carbocycles. The van der Waals surface area contributed by atoms with Crippen LogP contribution in [0.15, 0.2) is 6.20 Å². The second-order valence-corrected chi connectivity index (χ2v) is 5.68. The summed E-state index contributed by atoms with van der Waals surface area (Å²) in [5.74, 6) is 0.531. The Morgan fingerprint density at radius 2 is 2.25 bits per heavy atom. The van der Waals surface area contributed by atoms with E-state index >= 15 is 0 Å². The molecule has 0 radical (unpaired) electrons. The molecule has 1 N–H and O–H groups in total. The Balaban J connectivity index is 1.82. The zero-order valence-corrected chi connectivity index (χ0v) is 10.7. The Labute approximate surface area is 101 Å². The monoisotopic (exact) mass is 240 g/mol. The van der Waals surface area contributed by atoms with Crippen LogP contribution < -0.4 is 0 Å². The maximum atomic E-state index is 9.08. The average molecular weight is 240 g/mol. The van der Waals surface area contributed by atoms with Gasteiger partial charge in [-0.15, -0.1) is 11.3 Å². The molecule has 0 atom stereocenters. The van der Waals surface area contributed by atoms with E-state index in [4.69, 9.17) is 5.11 Å². The Morgan fingerprint density at radius 3 is 2.81 bits per heavy atom. The summed E-state index contributed by atoms with van der Waals surface area (Å²) in [6.07, 6.45) is 5.32. The number of likely N-dealkylation sites (tertiary alicyclic amines) is 1. The van der Waals surface area contributed by atoms with Gasteiger partial charge in [0.05, 0.1) is 5.01 Å². The summed E-state index contributed by atoms with van der Waals surface area (Å²) >= 11 is 1.83. The number of hydrogen-bond donors (Lipinski definition) is 1. The maximum absolute atomic E-state index is 9.08. The lowest BCUT2D eigenvalue weighted by Gasteiger charge is -2.30. The number of rotatable bonds is 4. The Hall–Kier alpha value is -0.450. The molecule has 0 bridgehead atoms. The Morgan fingerprint density at radius 1 is 1.50 bits per heavy atom. The van der Waals surface area contributed by atoms with Crippen molar-refractivity contribution in [2.24, 2.45) is 5.92 Å². The number of hydrogen-bond acceptors (Lipinski definition) is 4. The standard InChI is InChI=1S/C12H20N2OS/c1-2-12-13-7-11(16-12)8-14-5-3-10(9-15)4-6-14/h7,10,15H,2-6,8-9H2,1H3. The van der Waals surface area contributed by atoms with Crippen molar-refractivity contribution < 1.29 is 5.11 Å². The second kappa shape index (κ2) is 5.75. The molecule has 1 aliphatic heterocycles. The third-order valence-corrected chi connectivity index (χ3v) is 4.38. The fourth-order valence-electron chi connectivity index (χ4n) is 2.13. The van der Waals surface area contributed by atoms with Gasteiger partial charge >= 0.3 is 0 Å². The van der Waals surface area contributed by atoms with Gasteiger partial charge in [-0.2, -0.15) is 0 Å². The predicted molar refractivity (Wildman–Crippen MR) is 66.6 cm³/mol. The molecular weight excluding hydrogens is 220 g/mol. The first-order valence-electron chi connectivity index (χ1n) is 6.08. The molecule has 4 heteroatoms. The van der Waals surface area contributed by atoms with Gasteiger partial charge in [-0.05, 0) is 38.3 Å². The molecule has 0 amide bonds. The first kappa shape index (κ1) is 12.0. The zero-order valence-electron chi connectivity index (χ0n) is 9.85. The van der Waals surface area contributed by atoms with E-state index in [-0.39, 0.29) is 0 Å². The number of aryl methyl sites for hydroxylation is 1. The van der Waals surface area contributed by atoms with Gasteiger partial charge in [-0.1, -0.05) is 6.92 Å². The minimum Gasteiger partial charge on any atom is -0.396 e. The van der Waals surface area contributed by atoms with Gasteiger partial charge in [-0.25, -0.2) is 4.98 Å². The summed E-state index contributed by atoms with van der Waals surface area (Å²) < 4.78 is 0. The van der Waals surface area contributed by atoms with E-state index in [1.54, 1.807) is 0 Å². The van der Waals surface area contributed by atoms with Crippen LogP contribution in [0, 0.1) is 5.92 Å². The van der Waals surface area contributed by atoms with Crippen LogP contribution in [0.4, 0.5) is 0 Å². The molecule has 90 valence electrons. The van der Waals surface area contributed by atoms with Crippen molar-refractivity contribution in [3.05, 3.63) is 16.1 Å². The molecule has 1 fully saturated rings. The number of aromatic nitrogens is 1. The Bertz CT molecular complexity index is 319. The SMILES string of the molecule is CCc1ncc(CN2CCC(CO)CC2)s1. The lowest BCUT2D eigenvalue weighted by atomic mass is 9.98. The normalized spacial score (nSPS) is 19.1. The van der Waals surface area contributed by atoms with Crippen LogP contribution in [0.2, 0.25) is 0 Å². The highest BCUT2D eigenvalue weighted by Crippen LogP contribution is 2.21. The quantitative estimate of drug-likeness (QED) is 0.873. The van der Waals surface area contributed by atoms with Crippen molar-refractivity contribution in [1.29, 1.82) is 0 Å². The smallest absolute Gasteiger partial charge is 0.0925 e. The molecule has 0 aromatic carbocycles. The van der Waals surface area contributed by atoms with Crippen molar-refractivity contribution in [1.82, 2.24) is 9.88 Å². The van der Waals surface area contributed by atoms with Gasteiger partial charge < -0.3 is 5.11 Å². The third-order valence-electron chi connectivity index (χ3n) is 3.25. The van der Waals surface area contributed by atoms with E-state index < -0.39 is 0 Å². The number of aliphatic hydroxyl groups is 1. The highest BCUT2D eigenvalue weighted by Gasteiger charge is 2.18. The predicted octanol–water partition coefficient (Wildman–Crippen LogP) is 1.91. The molecule has 0 unspecified atom stereocenters. The van der Waals surface area contributed by atoms with Crippen molar-refractivity contribution in [3.63, 3.8) is 0 Å². The molecule has 2 rings (SSSR count).